The zero-order chi connectivity index (χ0) is 24.6. The van der Waals surface area contributed by atoms with Gasteiger partial charge >= 0.3 is 5.97 Å². The number of aryl methyl sites for hydroxylation is 1. The number of anilines is 2. The molecule has 8 nitrogen and oxygen atoms in total. The van der Waals surface area contributed by atoms with Gasteiger partial charge in [0.1, 0.15) is 0 Å². The third-order valence-electron chi connectivity index (χ3n) is 4.75. The molecular weight excluding hydrogens is 478 g/mol. The molecule has 0 unspecified atom stereocenters. The average Bonchev–Trinajstić information content (AvgIpc) is 2.72. The molecule has 0 heterocycles. The Bertz CT molecular complexity index is 1450. The van der Waals surface area contributed by atoms with E-state index in [2.05, 4.69) is 9.44 Å². The summed E-state index contributed by atoms with van der Waals surface area (Å²) >= 11 is 0. The monoisotopic (exact) mass is 496 g/mol. The Hall–Kier alpha value is -3.51. The van der Waals surface area contributed by atoms with Gasteiger partial charge in [-0.2, -0.15) is 0 Å². The van der Waals surface area contributed by atoms with Crippen molar-refractivity contribution in [1.29, 1.82) is 0 Å². The number of benzene rings is 3. The van der Waals surface area contributed by atoms with E-state index in [9.17, 15) is 35.5 Å². The second kappa shape index (κ2) is 8.79. The summed E-state index contributed by atoms with van der Waals surface area (Å²) < 4.78 is 81.3. The minimum absolute atomic E-state index is 0.0441. The Balaban J connectivity index is 1.83. The van der Waals surface area contributed by atoms with Crippen LogP contribution in [-0.4, -0.2) is 27.9 Å². The maximum Gasteiger partial charge on any atom is 0.335 e. The third kappa shape index (κ3) is 5.29. The summed E-state index contributed by atoms with van der Waals surface area (Å²) in [5.41, 5.74) is 0.812. The van der Waals surface area contributed by atoms with Crippen molar-refractivity contribution in [3.8, 4) is 0 Å². The molecule has 3 aromatic rings. The van der Waals surface area contributed by atoms with Crippen molar-refractivity contribution >= 4 is 37.4 Å². The molecule has 0 aliphatic carbocycles. The van der Waals surface area contributed by atoms with Crippen molar-refractivity contribution in [3.05, 3.63) is 82.9 Å². The molecule has 0 aromatic heterocycles. The molecular formula is C21H18F2N2O6S2. The van der Waals surface area contributed by atoms with E-state index in [1.54, 1.807) is 13.8 Å². The van der Waals surface area contributed by atoms with Crippen LogP contribution in [0, 0.1) is 25.5 Å². The molecule has 0 spiro atoms. The van der Waals surface area contributed by atoms with E-state index in [-0.39, 0.29) is 21.8 Å². The molecule has 0 saturated heterocycles. The van der Waals surface area contributed by atoms with E-state index in [0.29, 0.717) is 23.3 Å². The van der Waals surface area contributed by atoms with Crippen LogP contribution in [0.3, 0.4) is 0 Å². The van der Waals surface area contributed by atoms with Crippen LogP contribution in [0.25, 0.3) is 0 Å². The molecule has 0 aliphatic heterocycles. The Morgan fingerprint density at radius 2 is 1.33 bits per heavy atom. The number of hydrogen-bond acceptors (Lipinski definition) is 5. The van der Waals surface area contributed by atoms with Crippen LogP contribution in [0.4, 0.5) is 20.2 Å². The van der Waals surface area contributed by atoms with E-state index in [0.717, 1.165) is 12.1 Å². The highest BCUT2D eigenvalue weighted by Crippen LogP contribution is 2.25. The fraction of sp³-hybridized carbons (Fsp3) is 0.0952. The van der Waals surface area contributed by atoms with E-state index in [1.165, 1.54) is 30.3 Å². The van der Waals surface area contributed by atoms with Gasteiger partial charge in [0.2, 0.25) is 0 Å². The first-order valence-electron chi connectivity index (χ1n) is 9.25. The van der Waals surface area contributed by atoms with Gasteiger partial charge in [0.05, 0.1) is 15.4 Å². The number of halogens is 2. The van der Waals surface area contributed by atoms with Gasteiger partial charge in [-0.1, -0.05) is 0 Å². The maximum atomic E-state index is 13.4. The van der Waals surface area contributed by atoms with Gasteiger partial charge in [0.25, 0.3) is 20.0 Å². The maximum absolute atomic E-state index is 13.4. The molecule has 3 N–H and O–H groups in total. The highest BCUT2D eigenvalue weighted by molar-refractivity contribution is 7.93. The Morgan fingerprint density at radius 1 is 0.788 bits per heavy atom. The van der Waals surface area contributed by atoms with Crippen LogP contribution in [0.2, 0.25) is 0 Å². The van der Waals surface area contributed by atoms with Gasteiger partial charge in [0, 0.05) is 11.4 Å². The first-order valence-corrected chi connectivity index (χ1v) is 12.2. The minimum Gasteiger partial charge on any atom is -0.478 e. The van der Waals surface area contributed by atoms with E-state index in [1.807, 2.05) is 0 Å². The van der Waals surface area contributed by atoms with Gasteiger partial charge < -0.3 is 5.11 Å². The van der Waals surface area contributed by atoms with Crippen molar-refractivity contribution in [2.75, 3.05) is 9.44 Å². The molecule has 0 atom stereocenters. The van der Waals surface area contributed by atoms with Crippen LogP contribution in [0.1, 0.15) is 21.5 Å². The molecule has 0 fully saturated rings. The average molecular weight is 497 g/mol. The lowest BCUT2D eigenvalue weighted by Crippen LogP contribution is -2.16. The fourth-order valence-electron chi connectivity index (χ4n) is 2.90. The van der Waals surface area contributed by atoms with Gasteiger partial charge in [-0.05, 0) is 79.6 Å². The fourth-order valence-corrected chi connectivity index (χ4v) is 5.38. The van der Waals surface area contributed by atoms with Crippen molar-refractivity contribution in [3.63, 3.8) is 0 Å². The molecule has 0 amide bonds. The zero-order valence-electron chi connectivity index (χ0n) is 17.3. The number of nitrogens with one attached hydrogen (secondary N) is 2. The van der Waals surface area contributed by atoms with Gasteiger partial charge in [-0.3, -0.25) is 9.44 Å². The largest absolute Gasteiger partial charge is 0.478 e. The molecule has 174 valence electrons. The van der Waals surface area contributed by atoms with Crippen LogP contribution >= 0.6 is 0 Å². The SMILES string of the molecule is Cc1cc(C(=O)O)cc(S(=O)(=O)Nc2ccc(NS(=O)(=O)c3ccc(F)c(F)c3)cc2)c1C. The number of carbonyl (C=O) groups is 1. The van der Waals surface area contributed by atoms with Gasteiger partial charge in [-0.25, -0.2) is 30.4 Å². The molecule has 33 heavy (non-hydrogen) atoms. The number of rotatable bonds is 7. The van der Waals surface area contributed by atoms with Crippen LogP contribution in [0.5, 0.6) is 0 Å². The van der Waals surface area contributed by atoms with Crippen LogP contribution in [-0.2, 0) is 20.0 Å². The molecule has 0 aliphatic rings. The third-order valence-corrected chi connectivity index (χ3v) is 7.63. The van der Waals surface area contributed by atoms with Crippen molar-refractivity contribution in [1.82, 2.24) is 0 Å². The number of aromatic carboxylic acids is 1. The predicted octanol–water partition coefficient (Wildman–Crippen LogP) is 3.88. The molecule has 3 aromatic carbocycles. The summed E-state index contributed by atoms with van der Waals surface area (Å²) in [7, 11) is -8.37. The van der Waals surface area contributed by atoms with E-state index in [4.69, 9.17) is 0 Å². The second-order valence-electron chi connectivity index (χ2n) is 7.09. The van der Waals surface area contributed by atoms with Crippen LogP contribution in [0.15, 0.2) is 64.4 Å². The van der Waals surface area contributed by atoms with E-state index >= 15 is 0 Å². The summed E-state index contributed by atoms with van der Waals surface area (Å²) in [4.78, 5) is 10.6. The van der Waals surface area contributed by atoms with E-state index < -0.39 is 42.5 Å². The number of carboxylic acids is 1. The molecule has 0 saturated carbocycles. The highest BCUT2D eigenvalue weighted by Gasteiger charge is 2.21. The quantitative estimate of drug-likeness (QED) is 0.455. The summed E-state index contributed by atoms with van der Waals surface area (Å²) in [6, 6.07) is 9.64. The standard InChI is InChI=1S/C21H18F2N2O6S2/c1-12-9-14(21(26)27)10-20(13(12)2)33(30,31)25-16-5-3-15(4-6-16)24-32(28,29)17-7-8-18(22)19(23)11-17/h3-11,24-25H,1-2H3,(H,26,27). The number of hydrogen-bond donors (Lipinski definition) is 3. The summed E-state index contributed by atoms with van der Waals surface area (Å²) in [6.45, 7) is 3.14. The minimum atomic E-state index is -4.22. The van der Waals surface area contributed by atoms with Gasteiger partial charge in [0.15, 0.2) is 11.6 Å². The van der Waals surface area contributed by atoms with Crippen molar-refractivity contribution < 1.29 is 35.5 Å². The summed E-state index contributed by atoms with van der Waals surface area (Å²) in [5, 5.41) is 9.20. The smallest absolute Gasteiger partial charge is 0.335 e. The first kappa shape index (κ1) is 24.1. The lowest BCUT2D eigenvalue weighted by Gasteiger charge is -2.14. The second-order valence-corrected chi connectivity index (χ2v) is 10.4. The molecule has 0 bridgehead atoms. The number of sulfonamides is 2. The zero-order valence-corrected chi connectivity index (χ0v) is 18.9. The first-order chi connectivity index (χ1) is 15.3. The Labute approximate surface area is 189 Å². The topological polar surface area (TPSA) is 130 Å². The molecule has 3 rings (SSSR count). The summed E-state index contributed by atoms with van der Waals surface area (Å²) in [6.07, 6.45) is 0. The predicted molar refractivity (Wildman–Crippen MR) is 117 cm³/mol. The summed E-state index contributed by atoms with van der Waals surface area (Å²) in [5.74, 6) is -3.78. The highest BCUT2D eigenvalue weighted by atomic mass is 32.2. The Morgan fingerprint density at radius 3 is 1.85 bits per heavy atom. The normalized spacial score (nSPS) is 11.8. The van der Waals surface area contributed by atoms with Crippen molar-refractivity contribution in [2.24, 2.45) is 0 Å². The lowest BCUT2D eigenvalue weighted by molar-refractivity contribution is 0.0696. The lowest BCUT2D eigenvalue weighted by atomic mass is 10.1. The Kier molecular flexibility index (Phi) is 6.43. The molecule has 12 heteroatoms. The van der Waals surface area contributed by atoms with Crippen molar-refractivity contribution in [2.45, 2.75) is 23.6 Å². The van der Waals surface area contributed by atoms with Crippen LogP contribution < -0.4 is 9.44 Å². The number of carboxylic acid groups (broad SMARTS) is 1. The van der Waals surface area contributed by atoms with Gasteiger partial charge in [-0.15, -0.1) is 0 Å². The molecule has 0 radical (unpaired) electrons.